The van der Waals surface area contributed by atoms with Crippen molar-refractivity contribution in [1.29, 1.82) is 0 Å². The van der Waals surface area contributed by atoms with E-state index in [4.69, 9.17) is 0 Å². The molecule has 0 aliphatic carbocycles. The number of anilines is 1. The summed E-state index contributed by atoms with van der Waals surface area (Å²) in [6.07, 6.45) is 0.936. The molecule has 0 spiro atoms. The van der Waals surface area contributed by atoms with E-state index in [-0.39, 0.29) is 11.6 Å². The van der Waals surface area contributed by atoms with Gasteiger partial charge in [-0.1, -0.05) is 0 Å². The first kappa shape index (κ1) is 16.7. The lowest BCUT2D eigenvalue weighted by molar-refractivity contribution is -0.116. The smallest absolute Gasteiger partial charge is 0.358 e. The molecular formula is C15H21N5O3. The molecule has 0 atom stereocenters. The van der Waals surface area contributed by atoms with Gasteiger partial charge in [-0.05, 0) is 25.8 Å². The summed E-state index contributed by atoms with van der Waals surface area (Å²) in [7, 11) is 4.82. The number of carbonyl (C=O) groups excluding carboxylic acids is 2. The molecule has 2 aromatic heterocycles. The third-order valence-electron chi connectivity index (χ3n) is 3.80. The lowest BCUT2D eigenvalue weighted by Gasteiger charge is -2.05. The topological polar surface area (TPSA) is 91.0 Å². The fourth-order valence-electron chi connectivity index (χ4n) is 2.41. The zero-order valence-corrected chi connectivity index (χ0v) is 14.0. The first-order chi connectivity index (χ1) is 10.8. The highest BCUT2D eigenvalue weighted by Crippen LogP contribution is 2.15. The summed E-state index contributed by atoms with van der Waals surface area (Å²) in [6.45, 7) is 3.92. The van der Waals surface area contributed by atoms with Crippen LogP contribution in [0.3, 0.4) is 0 Å². The summed E-state index contributed by atoms with van der Waals surface area (Å²) in [5.74, 6) is -0.232. The molecule has 1 N–H and O–H groups in total. The second-order valence-corrected chi connectivity index (χ2v) is 5.35. The fourth-order valence-corrected chi connectivity index (χ4v) is 2.41. The summed E-state index contributed by atoms with van der Waals surface area (Å²) >= 11 is 0. The minimum absolute atomic E-state index is 0.146. The number of aryl methyl sites for hydroxylation is 3. The Bertz CT molecular complexity index is 745. The Morgan fingerprint density at radius 3 is 2.48 bits per heavy atom. The molecule has 0 aliphatic rings. The molecule has 0 saturated heterocycles. The molecule has 23 heavy (non-hydrogen) atoms. The van der Waals surface area contributed by atoms with E-state index in [0.29, 0.717) is 18.7 Å². The lowest BCUT2D eigenvalue weighted by atomic mass is 10.1. The summed E-state index contributed by atoms with van der Waals surface area (Å²) in [5, 5.41) is 11.1. The number of rotatable bonds is 5. The average Bonchev–Trinajstić information content (AvgIpc) is 2.97. The summed E-state index contributed by atoms with van der Waals surface area (Å²) in [5.41, 5.74) is 3.24. The minimum Gasteiger partial charge on any atom is -0.464 e. The van der Waals surface area contributed by atoms with Crippen molar-refractivity contribution in [3.8, 4) is 0 Å². The molecule has 8 nitrogen and oxygen atoms in total. The molecule has 0 aliphatic heterocycles. The zero-order chi connectivity index (χ0) is 17.1. The minimum atomic E-state index is -0.539. The van der Waals surface area contributed by atoms with Crippen LogP contribution in [0, 0.1) is 13.8 Å². The number of carbonyl (C=O) groups is 2. The third kappa shape index (κ3) is 3.58. The van der Waals surface area contributed by atoms with Crippen LogP contribution in [0.5, 0.6) is 0 Å². The van der Waals surface area contributed by atoms with E-state index in [2.05, 4.69) is 20.3 Å². The van der Waals surface area contributed by atoms with Gasteiger partial charge < -0.3 is 10.1 Å². The Hall–Kier alpha value is -2.64. The van der Waals surface area contributed by atoms with Gasteiger partial charge in [0.25, 0.3) is 0 Å². The maximum Gasteiger partial charge on any atom is 0.358 e. The molecule has 0 unspecified atom stereocenters. The first-order valence-corrected chi connectivity index (χ1v) is 7.24. The van der Waals surface area contributed by atoms with E-state index in [1.165, 1.54) is 17.9 Å². The van der Waals surface area contributed by atoms with E-state index in [1.807, 2.05) is 25.6 Å². The van der Waals surface area contributed by atoms with Gasteiger partial charge in [0.05, 0.1) is 12.8 Å². The van der Waals surface area contributed by atoms with Crippen molar-refractivity contribution < 1.29 is 14.3 Å². The van der Waals surface area contributed by atoms with E-state index < -0.39 is 5.97 Å². The Labute approximate surface area is 134 Å². The summed E-state index contributed by atoms with van der Waals surface area (Å²) in [4.78, 5) is 23.6. The number of esters is 1. The van der Waals surface area contributed by atoms with Crippen molar-refractivity contribution in [2.24, 2.45) is 14.1 Å². The van der Waals surface area contributed by atoms with Gasteiger partial charge in [-0.3, -0.25) is 14.2 Å². The second-order valence-electron chi connectivity index (χ2n) is 5.35. The van der Waals surface area contributed by atoms with Crippen molar-refractivity contribution in [2.45, 2.75) is 26.7 Å². The van der Waals surface area contributed by atoms with Gasteiger partial charge in [0.15, 0.2) is 5.69 Å². The van der Waals surface area contributed by atoms with Crippen LogP contribution in [-0.2, 0) is 30.0 Å². The van der Waals surface area contributed by atoms with Crippen LogP contribution in [0.25, 0.3) is 0 Å². The number of aromatic nitrogens is 4. The van der Waals surface area contributed by atoms with E-state index in [1.54, 1.807) is 7.05 Å². The van der Waals surface area contributed by atoms with E-state index in [0.717, 1.165) is 17.0 Å². The Morgan fingerprint density at radius 1 is 1.22 bits per heavy atom. The largest absolute Gasteiger partial charge is 0.464 e. The predicted octanol–water partition coefficient (Wildman–Crippen LogP) is 1.13. The third-order valence-corrected chi connectivity index (χ3v) is 3.80. The molecule has 1 amide bonds. The number of nitrogens with zero attached hydrogens (tertiary/aromatic N) is 4. The maximum atomic E-state index is 12.1. The monoisotopic (exact) mass is 319 g/mol. The number of amides is 1. The summed E-state index contributed by atoms with van der Waals surface area (Å²) < 4.78 is 7.85. The SMILES string of the molecule is COC(=O)c1cc(NC(=O)CCc2c(C)nn(C)c2C)n(C)n1. The molecule has 2 aromatic rings. The predicted molar refractivity (Wildman–Crippen MR) is 84.2 cm³/mol. The summed E-state index contributed by atoms with van der Waals surface area (Å²) in [6, 6.07) is 1.49. The normalized spacial score (nSPS) is 10.7. The van der Waals surface area contributed by atoms with Gasteiger partial charge >= 0.3 is 5.97 Å². The quantitative estimate of drug-likeness (QED) is 0.834. The van der Waals surface area contributed by atoms with Crippen molar-refractivity contribution in [1.82, 2.24) is 19.6 Å². The van der Waals surface area contributed by atoms with Crippen LogP contribution in [0.2, 0.25) is 0 Å². The average molecular weight is 319 g/mol. The lowest BCUT2D eigenvalue weighted by Crippen LogP contribution is -2.15. The Kier molecular flexibility index (Phi) is 4.83. The van der Waals surface area contributed by atoms with Crippen molar-refractivity contribution in [2.75, 3.05) is 12.4 Å². The fraction of sp³-hybridized carbons (Fsp3) is 0.467. The molecule has 2 heterocycles. The van der Waals surface area contributed by atoms with Crippen LogP contribution >= 0.6 is 0 Å². The van der Waals surface area contributed by atoms with Gasteiger partial charge in [0.2, 0.25) is 5.91 Å². The maximum absolute atomic E-state index is 12.1. The van der Waals surface area contributed by atoms with Crippen molar-refractivity contribution in [3.05, 3.63) is 28.7 Å². The van der Waals surface area contributed by atoms with Crippen LogP contribution in [-0.4, -0.2) is 38.5 Å². The van der Waals surface area contributed by atoms with Crippen molar-refractivity contribution in [3.63, 3.8) is 0 Å². The zero-order valence-electron chi connectivity index (χ0n) is 14.0. The molecule has 0 saturated carbocycles. The molecule has 124 valence electrons. The molecule has 0 aromatic carbocycles. The molecule has 0 bridgehead atoms. The van der Waals surface area contributed by atoms with Gasteiger partial charge in [0.1, 0.15) is 5.82 Å². The Balaban J connectivity index is 2.00. The highest BCUT2D eigenvalue weighted by atomic mass is 16.5. The molecule has 0 radical (unpaired) electrons. The number of hydrogen-bond acceptors (Lipinski definition) is 5. The van der Waals surface area contributed by atoms with E-state index >= 15 is 0 Å². The van der Waals surface area contributed by atoms with Gasteiger partial charge in [0, 0.05) is 32.3 Å². The van der Waals surface area contributed by atoms with Crippen LogP contribution in [0.15, 0.2) is 6.07 Å². The molecule has 8 heteroatoms. The van der Waals surface area contributed by atoms with Crippen LogP contribution in [0.4, 0.5) is 5.82 Å². The molecule has 0 fully saturated rings. The first-order valence-electron chi connectivity index (χ1n) is 7.24. The van der Waals surface area contributed by atoms with Crippen LogP contribution in [0.1, 0.15) is 33.9 Å². The second kappa shape index (κ2) is 6.64. The van der Waals surface area contributed by atoms with Gasteiger partial charge in [-0.2, -0.15) is 10.2 Å². The van der Waals surface area contributed by atoms with Gasteiger partial charge in [-0.15, -0.1) is 0 Å². The highest BCUT2D eigenvalue weighted by molar-refractivity contribution is 5.93. The number of ether oxygens (including phenoxy) is 1. The number of methoxy groups -OCH3 is 1. The van der Waals surface area contributed by atoms with Crippen LogP contribution < -0.4 is 5.32 Å². The van der Waals surface area contributed by atoms with Gasteiger partial charge in [-0.25, -0.2) is 4.79 Å². The number of nitrogens with one attached hydrogen (secondary N) is 1. The number of hydrogen-bond donors (Lipinski definition) is 1. The Morgan fingerprint density at radius 2 is 1.91 bits per heavy atom. The molecular weight excluding hydrogens is 298 g/mol. The molecule has 2 rings (SSSR count). The van der Waals surface area contributed by atoms with Crippen molar-refractivity contribution >= 4 is 17.7 Å². The highest BCUT2D eigenvalue weighted by Gasteiger charge is 2.16. The standard InChI is InChI=1S/C15H21N5O3/c1-9-11(10(2)19(3)17-9)6-7-14(21)16-13-8-12(15(22)23-5)18-20(13)4/h8H,6-7H2,1-5H3,(H,16,21). The van der Waals surface area contributed by atoms with E-state index in [9.17, 15) is 9.59 Å².